The molecule has 1 amide bonds. The van der Waals surface area contributed by atoms with Crippen LogP contribution < -0.4 is 11.1 Å². The van der Waals surface area contributed by atoms with Gasteiger partial charge in [-0.2, -0.15) is 0 Å². The average molecular weight is 396 g/mol. The van der Waals surface area contributed by atoms with Gasteiger partial charge < -0.3 is 20.7 Å². The topological polar surface area (TPSA) is 67.6 Å². The van der Waals surface area contributed by atoms with Crippen molar-refractivity contribution in [1.29, 1.82) is 0 Å². The van der Waals surface area contributed by atoms with Crippen molar-refractivity contribution in [3.8, 4) is 0 Å². The van der Waals surface area contributed by atoms with E-state index in [9.17, 15) is 4.79 Å². The van der Waals surface area contributed by atoms with E-state index < -0.39 is 5.91 Å². The summed E-state index contributed by atoms with van der Waals surface area (Å²) in [5.74, 6) is 0.115. The highest BCUT2D eigenvalue weighted by atomic mass is 16.5. The first-order valence-corrected chi connectivity index (χ1v) is 10.5. The Morgan fingerprint density at radius 2 is 1.76 bits per heavy atom. The van der Waals surface area contributed by atoms with Gasteiger partial charge in [-0.05, 0) is 36.5 Å². The zero-order chi connectivity index (χ0) is 20.7. The van der Waals surface area contributed by atoms with Crippen LogP contribution in [0.3, 0.4) is 0 Å². The summed E-state index contributed by atoms with van der Waals surface area (Å²) in [5, 5.41) is 3.36. The van der Waals surface area contributed by atoms with Crippen molar-refractivity contribution in [2.24, 2.45) is 11.7 Å². The number of likely N-dealkylation sites (tertiary alicyclic amines) is 1. The largest absolute Gasteiger partial charge is 0.383 e. The highest BCUT2D eigenvalue weighted by Gasteiger charge is 2.37. The summed E-state index contributed by atoms with van der Waals surface area (Å²) in [5.41, 5.74) is 7.90. The van der Waals surface area contributed by atoms with Crippen molar-refractivity contribution >= 4 is 11.6 Å². The van der Waals surface area contributed by atoms with Crippen LogP contribution in [-0.2, 0) is 10.3 Å². The molecule has 0 saturated carbocycles. The second-order valence-corrected chi connectivity index (χ2v) is 8.24. The quantitative estimate of drug-likeness (QED) is 0.676. The van der Waals surface area contributed by atoms with Crippen molar-refractivity contribution in [1.82, 2.24) is 4.90 Å². The van der Waals surface area contributed by atoms with Gasteiger partial charge in [0.05, 0.1) is 17.8 Å². The fraction of sp³-hybridized carbons (Fsp3) is 0.458. The van der Waals surface area contributed by atoms with Gasteiger partial charge in [-0.3, -0.25) is 4.79 Å². The molecule has 1 saturated heterocycles. The van der Waals surface area contributed by atoms with Crippen molar-refractivity contribution in [3.63, 3.8) is 0 Å². The normalized spacial score (nSPS) is 16.7. The highest BCUT2D eigenvalue weighted by Crippen LogP contribution is 2.37. The number of primary amides is 1. The Morgan fingerprint density at radius 1 is 1.10 bits per heavy atom. The number of para-hydroxylation sites is 1. The van der Waals surface area contributed by atoms with Gasteiger partial charge in [0, 0.05) is 31.9 Å². The molecule has 1 heterocycles. The highest BCUT2D eigenvalue weighted by molar-refractivity contribution is 5.98. The number of hydrogen-bond acceptors (Lipinski definition) is 4. The number of carbonyl (C=O) groups excluding carboxylic acids is 1. The number of anilines is 1. The Morgan fingerprint density at radius 3 is 2.41 bits per heavy atom. The molecule has 0 radical (unpaired) electrons. The van der Waals surface area contributed by atoms with Gasteiger partial charge in [0.2, 0.25) is 0 Å². The van der Waals surface area contributed by atoms with Crippen LogP contribution >= 0.6 is 0 Å². The van der Waals surface area contributed by atoms with E-state index in [0.29, 0.717) is 11.5 Å². The molecule has 5 heteroatoms. The molecule has 0 bridgehead atoms. The van der Waals surface area contributed by atoms with Crippen molar-refractivity contribution < 1.29 is 9.53 Å². The maximum Gasteiger partial charge on any atom is 0.250 e. The van der Waals surface area contributed by atoms with Gasteiger partial charge in [-0.1, -0.05) is 56.3 Å². The van der Waals surface area contributed by atoms with Crippen LogP contribution in [0.25, 0.3) is 0 Å². The lowest BCUT2D eigenvalue weighted by atomic mass is 9.84. The van der Waals surface area contributed by atoms with E-state index in [1.165, 1.54) is 5.56 Å². The lowest BCUT2D eigenvalue weighted by molar-refractivity contribution is -0.0981. The Labute approximate surface area is 174 Å². The van der Waals surface area contributed by atoms with Crippen molar-refractivity contribution in [2.75, 3.05) is 38.1 Å². The van der Waals surface area contributed by atoms with Gasteiger partial charge in [0.25, 0.3) is 5.91 Å². The minimum Gasteiger partial charge on any atom is -0.383 e. The van der Waals surface area contributed by atoms with E-state index in [0.717, 1.165) is 51.3 Å². The summed E-state index contributed by atoms with van der Waals surface area (Å²) in [4.78, 5) is 14.0. The Kier molecular flexibility index (Phi) is 7.29. The van der Waals surface area contributed by atoms with Crippen LogP contribution in [-0.4, -0.2) is 43.6 Å². The van der Waals surface area contributed by atoms with E-state index in [1.807, 2.05) is 18.2 Å². The summed E-state index contributed by atoms with van der Waals surface area (Å²) in [7, 11) is 0. The number of ether oxygens (including phenoxy) is 1. The second kappa shape index (κ2) is 9.90. The summed E-state index contributed by atoms with van der Waals surface area (Å²) in [6.45, 7) is 8.85. The van der Waals surface area contributed by atoms with Crippen LogP contribution in [0.15, 0.2) is 54.6 Å². The van der Waals surface area contributed by atoms with E-state index in [1.54, 1.807) is 6.07 Å². The number of nitrogens with zero attached hydrogens (tertiary/aromatic N) is 1. The van der Waals surface area contributed by atoms with Crippen LogP contribution in [0.4, 0.5) is 5.69 Å². The zero-order valence-electron chi connectivity index (χ0n) is 17.6. The molecule has 156 valence electrons. The smallest absolute Gasteiger partial charge is 0.250 e. The monoisotopic (exact) mass is 395 g/mol. The van der Waals surface area contributed by atoms with Crippen LogP contribution in [0.1, 0.15) is 42.6 Å². The van der Waals surface area contributed by atoms with E-state index in [2.05, 4.69) is 54.4 Å². The van der Waals surface area contributed by atoms with Crippen molar-refractivity contribution in [2.45, 2.75) is 32.3 Å². The molecule has 0 aromatic heterocycles. The van der Waals surface area contributed by atoms with Gasteiger partial charge in [-0.15, -0.1) is 0 Å². The third-order valence-electron chi connectivity index (χ3n) is 5.59. The fourth-order valence-corrected chi connectivity index (χ4v) is 3.92. The lowest BCUT2D eigenvalue weighted by Crippen LogP contribution is -2.46. The standard InChI is InChI=1S/C24H33N3O2/c1-19(2)18-29-24(20-8-4-3-5-9-20)12-15-27(16-13-24)17-14-26-22-11-7-6-10-21(22)23(25)28/h3-11,19,26H,12-18H2,1-2H3,(H2,25,28). The molecule has 1 aliphatic rings. The Hall–Kier alpha value is -2.37. The third kappa shape index (κ3) is 5.58. The van der Waals surface area contributed by atoms with E-state index >= 15 is 0 Å². The molecule has 2 aromatic rings. The minimum atomic E-state index is -0.402. The molecule has 5 nitrogen and oxygen atoms in total. The molecule has 1 aliphatic heterocycles. The summed E-state index contributed by atoms with van der Waals surface area (Å²) >= 11 is 0. The summed E-state index contributed by atoms with van der Waals surface area (Å²) in [6, 6.07) is 18.0. The summed E-state index contributed by atoms with van der Waals surface area (Å²) in [6.07, 6.45) is 1.98. The molecule has 1 fully saturated rings. The molecule has 0 atom stereocenters. The van der Waals surface area contributed by atoms with Crippen molar-refractivity contribution in [3.05, 3.63) is 65.7 Å². The number of benzene rings is 2. The SMILES string of the molecule is CC(C)COC1(c2ccccc2)CCN(CCNc2ccccc2C(N)=O)CC1. The van der Waals surface area contributed by atoms with E-state index in [4.69, 9.17) is 10.5 Å². The number of hydrogen-bond donors (Lipinski definition) is 2. The predicted molar refractivity (Wildman–Crippen MR) is 118 cm³/mol. The number of nitrogens with one attached hydrogen (secondary N) is 1. The molecule has 0 aliphatic carbocycles. The molecule has 29 heavy (non-hydrogen) atoms. The molecular weight excluding hydrogens is 362 g/mol. The van der Waals surface area contributed by atoms with E-state index in [-0.39, 0.29) is 5.60 Å². The van der Waals surface area contributed by atoms with Gasteiger partial charge >= 0.3 is 0 Å². The molecule has 2 aromatic carbocycles. The molecule has 3 rings (SSSR count). The minimum absolute atomic E-state index is 0.186. The predicted octanol–water partition coefficient (Wildman–Crippen LogP) is 3.86. The molecule has 0 unspecified atom stereocenters. The maximum absolute atomic E-state index is 11.6. The summed E-state index contributed by atoms with van der Waals surface area (Å²) < 4.78 is 6.49. The number of piperidine rings is 1. The second-order valence-electron chi connectivity index (χ2n) is 8.24. The lowest BCUT2D eigenvalue weighted by Gasteiger charge is -2.42. The van der Waals surface area contributed by atoms with Gasteiger partial charge in [0.1, 0.15) is 0 Å². The number of nitrogens with two attached hydrogens (primary N) is 1. The molecule has 3 N–H and O–H groups in total. The molecule has 0 spiro atoms. The average Bonchev–Trinajstić information content (AvgIpc) is 2.74. The van der Waals surface area contributed by atoms with Crippen LogP contribution in [0.2, 0.25) is 0 Å². The van der Waals surface area contributed by atoms with Gasteiger partial charge in [-0.25, -0.2) is 0 Å². The number of rotatable bonds is 9. The zero-order valence-corrected chi connectivity index (χ0v) is 17.6. The van der Waals surface area contributed by atoms with Gasteiger partial charge in [0.15, 0.2) is 0 Å². The Balaban J connectivity index is 1.56. The number of amides is 1. The first-order chi connectivity index (χ1) is 14.0. The van der Waals surface area contributed by atoms with Crippen LogP contribution in [0, 0.1) is 5.92 Å². The number of carbonyl (C=O) groups is 1. The van der Waals surface area contributed by atoms with Crippen LogP contribution in [0.5, 0.6) is 0 Å². The third-order valence-corrected chi connectivity index (χ3v) is 5.59. The fourth-order valence-electron chi connectivity index (χ4n) is 3.92. The Bertz CT molecular complexity index is 784. The maximum atomic E-state index is 11.6. The molecular formula is C24H33N3O2. The first kappa shape index (κ1) is 21.3. The first-order valence-electron chi connectivity index (χ1n) is 10.5.